The molecule has 0 radical (unpaired) electrons. The zero-order chi connectivity index (χ0) is 17.8. The molecule has 0 saturated carbocycles. The number of carbonyl (C=O) groups excluding carboxylic acids is 2. The van der Waals surface area contributed by atoms with E-state index in [0.717, 1.165) is 5.56 Å². The minimum absolute atomic E-state index is 0.104. The van der Waals surface area contributed by atoms with E-state index in [0.29, 0.717) is 17.8 Å². The molecule has 0 fully saturated rings. The number of rotatable bonds is 5. The van der Waals surface area contributed by atoms with E-state index in [-0.39, 0.29) is 17.6 Å². The Labute approximate surface area is 144 Å². The molecule has 0 bridgehead atoms. The highest BCUT2D eigenvalue weighted by Gasteiger charge is 2.14. The molecule has 0 atom stereocenters. The van der Waals surface area contributed by atoms with E-state index in [9.17, 15) is 9.59 Å². The van der Waals surface area contributed by atoms with E-state index in [1.165, 1.54) is 6.26 Å². The molecule has 25 heavy (non-hydrogen) atoms. The summed E-state index contributed by atoms with van der Waals surface area (Å²) in [6.45, 7) is 0.476. The Morgan fingerprint density at radius 3 is 2.60 bits per heavy atom. The Balaban J connectivity index is 1.63. The number of amides is 2. The summed E-state index contributed by atoms with van der Waals surface area (Å²) in [5.74, 6) is -0.207. The first-order valence-electron chi connectivity index (χ1n) is 7.71. The molecule has 0 aliphatic carbocycles. The van der Waals surface area contributed by atoms with Crippen LogP contribution in [0.5, 0.6) is 0 Å². The number of anilines is 1. The third kappa shape index (κ3) is 3.95. The molecule has 0 saturated heterocycles. The van der Waals surface area contributed by atoms with E-state index in [4.69, 9.17) is 4.42 Å². The summed E-state index contributed by atoms with van der Waals surface area (Å²) in [5, 5.41) is 6.81. The Kier molecular flexibility index (Phi) is 4.65. The zero-order valence-electron chi connectivity index (χ0n) is 14.0. The van der Waals surface area contributed by atoms with Crippen LogP contribution in [0.25, 0.3) is 0 Å². The van der Waals surface area contributed by atoms with Crippen LogP contribution in [0.3, 0.4) is 0 Å². The molecular weight excluding hydrogens is 320 g/mol. The molecule has 1 aromatic carbocycles. The average molecular weight is 338 g/mol. The van der Waals surface area contributed by atoms with E-state index < -0.39 is 0 Å². The fourth-order valence-corrected chi connectivity index (χ4v) is 2.42. The third-order valence-electron chi connectivity index (χ3n) is 3.66. The van der Waals surface area contributed by atoms with Gasteiger partial charge < -0.3 is 14.6 Å². The van der Waals surface area contributed by atoms with Crippen LogP contribution in [-0.4, -0.2) is 33.5 Å². The highest BCUT2D eigenvalue weighted by Crippen LogP contribution is 2.14. The molecule has 2 amide bonds. The number of nitrogens with one attached hydrogen (secondary N) is 1. The van der Waals surface area contributed by atoms with E-state index in [1.54, 1.807) is 59.2 Å². The van der Waals surface area contributed by atoms with Gasteiger partial charge in [0, 0.05) is 43.7 Å². The maximum Gasteiger partial charge on any atom is 0.291 e. The first-order chi connectivity index (χ1) is 12.0. The van der Waals surface area contributed by atoms with Crippen LogP contribution in [0.4, 0.5) is 5.69 Å². The van der Waals surface area contributed by atoms with Gasteiger partial charge in [-0.05, 0) is 36.4 Å². The lowest BCUT2D eigenvalue weighted by Crippen LogP contribution is -2.26. The number of hydrogen-bond acceptors (Lipinski definition) is 4. The molecule has 3 rings (SSSR count). The van der Waals surface area contributed by atoms with Crippen LogP contribution in [0, 0.1) is 0 Å². The van der Waals surface area contributed by atoms with Crippen molar-refractivity contribution in [2.24, 2.45) is 7.05 Å². The normalized spacial score (nSPS) is 10.5. The first-order valence-corrected chi connectivity index (χ1v) is 7.71. The predicted octanol–water partition coefficient (Wildman–Crippen LogP) is 2.54. The van der Waals surface area contributed by atoms with Crippen molar-refractivity contribution in [3.8, 4) is 0 Å². The van der Waals surface area contributed by atoms with Gasteiger partial charge in [-0.15, -0.1) is 0 Å². The average Bonchev–Trinajstić information content (AvgIpc) is 3.27. The van der Waals surface area contributed by atoms with Crippen LogP contribution in [0.1, 0.15) is 26.5 Å². The van der Waals surface area contributed by atoms with Crippen molar-refractivity contribution in [1.29, 1.82) is 0 Å². The molecule has 3 aromatic rings. The number of benzene rings is 1. The number of furan rings is 1. The third-order valence-corrected chi connectivity index (χ3v) is 3.66. The SMILES string of the molecule is CN(Cc1cnn(C)c1)C(=O)c1ccc(NC(=O)c2ccco2)cc1. The van der Waals surface area contributed by atoms with Gasteiger partial charge in [-0.1, -0.05) is 0 Å². The van der Waals surface area contributed by atoms with Gasteiger partial charge in [-0.25, -0.2) is 0 Å². The molecule has 0 aliphatic heterocycles. The molecular formula is C18H18N4O3. The molecule has 7 nitrogen and oxygen atoms in total. The Morgan fingerprint density at radius 2 is 2.00 bits per heavy atom. The summed E-state index contributed by atoms with van der Waals surface area (Å²) in [6.07, 6.45) is 5.04. The molecule has 2 heterocycles. The van der Waals surface area contributed by atoms with Crippen LogP contribution in [0.15, 0.2) is 59.5 Å². The van der Waals surface area contributed by atoms with Gasteiger partial charge in [0.15, 0.2) is 5.76 Å². The Morgan fingerprint density at radius 1 is 1.24 bits per heavy atom. The molecule has 0 spiro atoms. The second-order valence-corrected chi connectivity index (χ2v) is 5.69. The highest BCUT2D eigenvalue weighted by molar-refractivity contribution is 6.02. The number of nitrogens with zero attached hydrogens (tertiary/aromatic N) is 3. The van der Waals surface area contributed by atoms with Crippen molar-refractivity contribution in [1.82, 2.24) is 14.7 Å². The fourth-order valence-electron chi connectivity index (χ4n) is 2.42. The van der Waals surface area contributed by atoms with Crippen molar-refractivity contribution < 1.29 is 14.0 Å². The van der Waals surface area contributed by atoms with Crippen LogP contribution < -0.4 is 5.32 Å². The van der Waals surface area contributed by atoms with Gasteiger partial charge in [0.05, 0.1) is 12.5 Å². The van der Waals surface area contributed by atoms with E-state index in [2.05, 4.69) is 10.4 Å². The standard InChI is InChI=1S/C18H18N4O3/c1-21(11-13-10-19-22(2)12-13)18(24)14-5-7-15(8-6-14)20-17(23)16-4-3-9-25-16/h3-10,12H,11H2,1-2H3,(H,20,23). The number of carbonyl (C=O) groups is 2. The van der Waals surface area contributed by atoms with Gasteiger partial charge in [0.1, 0.15) is 0 Å². The smallest absolute Gasteiger partial charge is 0.291 e. The highest BCUT2D eigenvalue weighted by atomic mass is 16.3. The minimum Gasteiger partial charge on any atom is -0.459 e. The monoisotopic (exact) mass is 338 g/mol. The van der Waals surface area contributed by atoms with Crippen LogP contribution in [0.2, 0.25) is 0 Å². The molecule has 128 valence electrons. The Bertz CT molecular complexity index is 866. The molecule has 0 unspecified atom stereocenters. The summed E-state index contributed by atoms with van der Waals surface area (Å²) in [5.41, 5.74) is 2.09. The molecule has 2 aromatic heterocycles. The second kappa shape index (κ2) is 7.04. The van der Waals surface area contributed by atoms with Crippen molar-refractivity contribution >= 4 is 17.5 Å². The van der Waals surface area contributed by atoms with Gasteiger partial charge in [0.2, 0.25) is 0 Å². The van der Waals surface area contributed by atoms with Crippen molar-refractivity contribution in [2.75, 3.05) is 12.4 Å². The molecule has 1 N–H and O–H groups in total. The second-order valence-electron chi connectivity index (χ2n) is 5.69. The Hall–Kier alpha value is -3.35. The lowest BCUT2D eigenvalue weighted by molar-refractivity contribution is 0.0785. The molecule has 0 aliphatic rings. The maximum absolute atomic E-state index is 12.5. The van der Waals surface area contributed by atoms with Crippen molar-refractivity contribution in [2.45, 2.75) is 6.54 Å². The lowest BCUT2D eigenvalue weighted by atomic mass is 10.1. The molecule has 7 heteroatoms. The minimum atomic E-state index is -0.335. The van der Waals surface area contributed by atoms with Crippen molar-refractivity contribution in [3.05, 3.63) is 71.9 Å². The van der Waals surface area contributed by atoms with E-state index in [1.807, 2.05) is 13.2 Å². The van der Waals surface area contributed by atoms with Crippen LogP contribution in [-0.2, 0) is 13.6 Å². The number of aryl methyl sites for hydroxylation is 1. The maximum atomic E-state index is 12.5. The lowest BCUT2D eigenvalue weighted by Gasteiger charge is -2.16. The number of aromatic nitrogens is 2. The fraction of sp³-hybridized carbons (Fsp3) is 0.167. The zero-order valence-corrected chi connectivity index (χ0v) is 14.0. The number of hydrogen-bond donors (Lipinski definition) is 1. The van der Waals surface area contributed by atoms with Crippen molar-refractivity contribution in [3.63, 3.8) is 0 Å². The van der Waals surface area contributed by atoms with Crippen LogP contribution >= 0.6 is 0 Å². The summed E-state index contributed by atoms with van der Waals surface area (Å²) in [7, 11) is 3.57. The first kappa shape index (κ1) is 16.5. The van der Waals surface area contributed by atoms with Gasteiger partial charge in [-0.2, -0.15) is 5.10 Å². The summed E-state index contributed by atoms with van der Waals surface area (Å²) in [4.78, 5) is 26.0. The largest absolute Gasteiger partial charge is 0.459 e. The summed E-state index contributed by atoms with van der Waals surface area (Å²) < 4.78 is 6.74. The summed E-state index contributed by atoms with van der Waals surface area (Å²) in [6, 6.07) is 9.97. The topological polar surface area (TPSA) is 80.4 Å². The predicted molar refractivity (Wildman–Crippen MR) is 92.1 cm³/mol. The van der Waals surface area contributed by atoms with Gasteiger partial charge >= 0.3 is 0 Å². The van der Waals surface area contributed by atoms with Gasteiger partial charge in [-0.3, -0.25) is 14.3 Å². The summed E-state index contributed by atoms with van der Waals surface area (Å²) >= 11 is 0. The quantitative estimate of drug-likeness (QED) is 0.775. The van der Waals surface area contributed by atoms with Gasteiger partial charge in [0.25, 0.3) is 11.8 Å². The van der Waals surface area contributed by atoms with E-state index >= 15 is 0 Å².